The van der Waals surface area contributed by atoms with Crippen molar-refractivity contribution in [2.75, 3.05) is 20.1 Å². The highest BCUT2D eigenvalue weighted by atomic mass is 35.5. The Morgan fingerprint density at radius 3 is 2.35 bits per heavy atom. The average molecular weight is 528 g/mol. The zero-order valence-electron chi connectivity index (χ0n) is 20.5. The van der Waals surface area contributed by atoms with Crippen LogP contribution in [0.25, 0.3) is 10.9 Å². The molecule has 2 N–H and O–H groups in total. The number of benzene rings is 3. The first-order chi connectivity index (χ1) is 17.7. The number of nitrogens with zero attached hydrogens (tertiary/aromatic N) is 2. The van der Waals surface area contributed by atoms with E-state index in [4.69, 9.17) is 22.1 Å². The molecule has 0 saturated carbocycles. The fourth-order valence-electron chi connectivity index (χ4n) is 4.28. The molecule has 0 fully saturated rings. The van der Waals surface area contributed by atoms with Crippen LogP contribution in [0, 0.1) is 0 Å². The molecule has 37 heavy (non-hydrogen) atoms. The molecule has 0 amide bonds. The average Bonchev–Trinajstić information content (AvgIpc) is 2.89. The summed E-state index contributed by atoms with van der Waals surface area (Å²) in [6.45, 7) is 1.49. The second-order valence-corrected chi connectivity index (χ2v) is 9.52. The number of ether oxygens (including phenoxy) is 1. The maximum absolute atomic E-state index is 12.9. The fraction of sp³-hybridized carbons (Fsp3) is 0.276. The second kappa shape index (κ2) is 11.9. The van der Waals surface area contributed by atoms with E-state index in [1.165, 1.54) is 12.1 Å². The first-order valence-corrected chi connectivity index (χ1v) is 12.5. The Morgan fingerprint density at radius 2 is 1.65 bits per heavy atom. The normalized spacial score (nSPS) is 13.6. The van der Waals surface area contributed by atoms with E-state index >= 15 is 0 Å². The van der Waals surface area contributed by atoms with Gasteiger partial charge in [0, 0.05) is 35.6 Å². The molecule has 2 unspecified atom stereocenters. The number of halogens is 4. The van der Waals surface area contributed by atoms with Gasteiger partial charge in [-0.25, -0.2) is 0 Å². The van der Waals surface area contributed by atoms with Crippen molar-refractivity contribution in [3.8, 4) is 5.75 Å². The highest BCUT2D eigenvalue weighted by Crippen LogP contribution is 2.32. The third-order valence-corrected chi connectivity index (χ3v) is 6.60. The van der Waals surface area contributed by atoms with Crippen LogP contribution in [0.4, 0.5) is 13.2 Å². The van der Waals surface area contributed by atoms with E-state index < -0.39 is 11.7 Å². The minimum absolute atomic E-state index is 0.164. The number of hydrogen-bond donors (Lipinski definition) is 1. The van der Waals surface area contributed by atoms with Crippen molar-refractivity contribution in [3.05, 3.63) is 107 Å². The molecular weight excluding hydrogens is 499 g/mol. The van der Waals surface area contributed by atoms with Crippen molar-refractivity contribution >= 4 is 22.5 Å². The van der Waals surface area contributed by atoms with Gasteiger partial charge in [0.05, 0.1) is 11.1 Å². The maximum atomic E-state index is 12.9. The summed E-state index contributed by atoms with van der Waals surface area (Å²) in [5.74, 6) is 0.399. The number of nitrogens with two attached hydrogens (primary N) is 1. The summed E-state index contributed by atoms with van der Waals surface area (Å²) in [7, 11) is 2.03. The number of rotatable bonds is 10. The van der Waals surface area contributed by atoms with Gasteiger partial charge in [0.2, 0.25) is 0 Å². The maximum Gasteiger partial charge on any atom is 0.416 e. The van der Waals surface area contributed by atoms with Crippen molar-refractivity contribution in [2.24, 2.45) is 5.73 Å². The summed E-state index contributed by atoms with van der Waals surface area (Å²) >= 11 is 6.10. The molecule has 0 radical (unpaired) electrons. The molecule has 1 aromatic heterocycles. The Morgan fingerprint density at radius 1 is 0.946 bits per heavy atom. The minimum atomic E-state index is -4.38. The summed E-state index contributed by atoms with van der Waals surface area (Å²) in [4.78, 5) is 6.58. The lowest BCUT2D eigenvalue weighted by molar-refractivity contribution is -0.137. The highest BCUT2D eigenvalue weighted by Gasteiger charge is 2.30. The number of alkyl halides is 3. The molecule has 0 bridgehead atoms. The van der Waals surface area contributed by atoms with Gasteiger partial charge in [-0.2, -0.15) is 13.2 Å². The molecule has 4 rings (SSSR count). The van der Waals surface area contributed by atoms with Gasteiger partial charge in [0.1, 0.15) is 11.9 Å². The molecule has 0 aliphatic rings. The number of hydrogen-bond acceptors (Lipinski definition) is 4. The monoisotopic (exact) mass is 527 g/mol. The molecule has 2 atom stereocenters. The largest absolute Gasteiger partial charge is 0.486 e. The van der Waals surface area contributed by atoms with Gasteiger partial charge in [-0.15, -0.1) is 0 Å². The summed E-state index contributed by atoms with van der Waals surface area (Å²) in [6.07, 6.45) is -1.53. The van der Waals surface area contributed by atoms with Crippen LogP contribution in [-0.2, 0) is 6.18 Å². The number of fused-ring (bicyclic) bond motifs is 1. The van der Waals surface area contributed by atoms with Gasteiger partial charge in [-0.05, 0) is 73.6 Å². The molecule has 0 aliphatic heterocycles. The van der Waals surface area contributed by atoms with Crippen molar-refractivity contribution in [1.29, 1.82) is 0 Å². The molecule has 194 valence electrons. The van der Waals surface area contributed by atoms with Gasteiger partial charge in [0.25, 0.3) is 0 Å². The van der Waals surface area contributed by atoms with Gasteiger partial charge in [0.15, 0.2) is 0 Å². The summed E-state index contributed by atoms with van der Waals surface area (Å²) in [5.41, 5.74) is 8.67. The van der Waals surface area contributed by atoms with Crippen LogP contribution >= 0.6 is 11.6 Å². The van der Waals surface area contributed by atoms with Crippen molar-refractivity contribution < 1.29 is 17.9 Å². The number of aromatic nitrogens is 1. The van der Waals surface area contributed by atoms with Crippen LogP contribution in [0.3, 0.4) is 0 Å². The minimum Gasteiger partial charge on any atom is -0.486 e. The summed E-state index contributed by atoms with van der Waals surface area (Å²) in [6, 6.07) is 21.9. The zero-order chi connectivity index (χ0) is 26.4. The first-order valence-electron chi connectivity index (χ1n) is 12.1. The summed E-state index contributed by atoms with van der Waals surface area (Å²) in [5, 5.41) is 1.63. The molecule has 0 aliphatic carbocycles. The van der Waals surface area contributed by atoms with Crippen LogP contribution in [0.5, 0.6) is 5.75 Å². The first kappa shape index (κ1) is 26.9. The molecular formula is C29H29ClF3N3O. The van der Waals surface area contributed by atoms with Crippen molar-refractivity contribution in [1.82, 2.24) is 9.88 Å². The van der Waals surface area contributed by atoms with Crippen molar-refractivity contribution in [2.45, 2.75) is 31.2 Å². The van der Waals surface area contributed by atoms with E-state index in [2.05, 4.69) is 9.88 Å². The molecule has 0 saturated heterocycles. The van der Waals surface area contributed by atoms with E-state index in [0.717, 1.165) is 53.7 Å². The van der Waals surface area contributed by atoms with E-state index in [9.17, 15) is 13.2 Å². The second-order valence-electron chi connectivity index (χ2n) is 9.09. The van der Waals surface area contributed by atoms with Gasteiger partial charge >= 0.3 is 6.18 Å². The van der Waals surface area contributed by atoms with Gasteiger partial charge in [-0.1, -0.05) is 48.0 Å². The quantitative estimate of drug-likeness (QED) is 0.233. The number of pyridine rings is 1. The van der Waals surface area contributed by atoms with Crippen LogP contribution in [0.1, 0.15) is 41.7 Å². The molecule has 4 aromatic rings. The van der Waals surface area contributed by atoms with Crippen molar-refractivity contribution in [3.63, 3.8) is 0 Å². The predicted molar refractivity (Wildman–Crippen MR) is 142 cm³/mol. The van der Waals surface area contributed by atoms with Crippen LogP contribution in [0.2, 0.25) is 5.02 Å². The lowest BCUT2D eigenvalue weighted by atomic mass is 10.00. The summed E-state index contributed by atoms with van der Waals surface area (Å²) < 4.78 is 44.9. The predicted octanol–water partition coefficient (Wildman–Crippen LogP) is 7.44. The van der Waals surface area contributed by atoms with E-state index in [1.807, 2.05) is 61.6 Å². The fourth-order valence-corrected chi connectivity index (χ4v) is 4.45. The van der Waals surface area contributed by atoms with Crippen LogP contribution in [-0.4, -0.2) is 30.0 Å². The Hall–Kier alpha value is -3.13. The lowest BCUT2D eigenvalue weighted by Crippen LogP contribution is -2.26. The van der Waals surface area contributed by atoms with Gasteiger partial charge < -0.3 is 15.4 Å². The SMILES string of the molecule is CN(CCC(N)c1ccnc2cc(Cl)ccc12)CCC(Oc1ccc(C(F)(F)F)cc1)c1ccccc1. The van der Waals surface area contributed by atoms with E-state index in [1.54, 1.807) is 6.20 Å². The van der Waals surface area contributed by atoms with E-state index in [-0.39, 0.29) is 12.1 Å². The van der Waals surface area contributed by atoms with Crippen LogP contribution < -0.4 is 10.5 Å². The Labute approximate surface area is 219 Å². The lowest BCUT2D eigenvalue weighted by Gasteiger charge is -2.24. The zero-order valence-corrected chi connectivity index (χ0v) is 21.2. The Kier molecular flexibility index (Phi) is 8.69. The molecule has 0 spiro atoms. The molecule has 8 heteroatoms. The molecule has 1 heterocycles. The third kappa shape index (κ3) is 7.22. The highest BCUT2D eigenvalue weighted by molar-refractivity contribution is 6.31. The van der Waals surface area contributed by atoms with Gasteiger partial charge in [-0.3, -0.25) is 4.98 Å². The van der Waals surface area contributed by atoms with Crippen LogP contribution in [0.15, 0.2) is 85.1 Å². The molecule has 4 nitrogen and oxygen atoms in total. The smallest absolute Gasteiger partial charge is 0.416 e. The topological polar surface area (TPSA) is 51.4 Å². The molecule has 3 aromatic carbocycles. The Balaban J connectivity index is 1.37. The standard InChI is InChI=1S/C29H29ClF3N3O/c1-36(17-14-26(34)24-13-16-35-27-19-22(30)9-12-25(24)27)18-15-28(20-5-3-2-4-6-20)37-23-10-7-21(8-11-23)29(31,32)33/h2-13,16,19,26,28H,14-15,17-18,34H2,1H3. The van der Waals surface area contributed by atoms with E-state index in [0.29, 0.717) is 17.2 Å². The third-order valence-electron chi connectivity index (χ3n) is 6.36. The Bertz CT molecular complexity index is 1300.